The van der Waals surface area contributed by atoms with E-state index in [0.717, 1.165) is 4.90 Å². The maximum absolute atomic E-state index is 11.8. The zero-order valence-electron chi connectivity index (χ0n) is 8.46. The van der Waals surface area contributed by atoms with Gasteiger partial charge in [0.25, 0.3) is 6.20 Å². The quantitative estimate of drug-likeness (QED) is 0.767. The largest absolute Gasteiger partial charge is 0.426 e. The molecule has 2 aromatic rings. The molecule has 0 spiro atoms. The van der Waals surface area contributed by atoms with Gasteiger partial charge >= 0.3 is 5.63 Å². The highest BCUT2D eigenvalue weighted by Gasteiger charge is 2.09. The molecule has 2 rings (SSSR count). The number of aromatic amines is 1. The fraction of sp³-hybridized carbons (Fsp3) is 0.200. The summed E-state index contributed by atoms with van der Waals surface area (Å²) in [6, 6.07) is 9.21. The number of H-pyrrole nitrogens is 1. The molecule has 1 heterocycles. The van der Waals surface area contributed by atoms with Crippen LogP contribution in [0.3, 0.4) is 0 Å². The molecule has 1 aromatic heterocycles. The molecule has 16 heavy (non-hydrogen) atoms. The number of rotatable bonds is 4. The maximum atomic E-state index is 11.8. The van der Waals surface area contributed by atoms with Gasteiger partial charge in [-0.3, -0.25) is 8.73 Å². The normalized spacial score (nSPS) is 12.5. The number of hydrogen-bond donors (Lipinski definition) is 1. The summed E-state index contributed by atoms with van der Waals surface area (Å²) in [6.45, 7) is 0.452. The predicted octanol–water partition coefficient (Wildman–Crippen LogP) is 0.0632. The summed E-state index contributed by atoms with van der Waals surface area (Å²) >= 11 is 0. The van der Waals surface area contributed by atoms with E-state index in [1.807, 2.05) is 30.3 Å². The van der Waals surface area contributed by atoms with Crippen molar-refractivity contribution in [2.45, 2.75) is 11.4 Å². The molecule has 0 fully saturated rings. The lowest BCUT2D eigenvalue weighted by Gasteiger charge is -1.97. The van der Waals surface area contributed by atoms with Gasteiger partial charge in [0, 0.05) is 4.90 Å². The van der Waals surface area contributed by atoms with Crippen molar-refractivity contribution in [3.8, 4) is 0 Å². The minimum atomic E-state index is -1.06. The lowest BCUT2D eigenvalue weighted by atomic mass is 10.4. The van der Waals surface area contributed by atoms with Gasteiger partial charge in [-0.25, -0.2) is 4.79 Å². The molecule has 1 N–H and O–H groups in total. The highest BCUT2D eigenvalue weighted by Crippen LogP contribution is 2.04. The number of aromatic nitrogens is 2. The van der Waals surface area contributed by atoms with Crippen LogP contribution in [0.25, 0.3) is 0 Å². The van der Waals surface area contributed by atoms with Gasteiger partial charge in [0.2, 0.25) is 0 Å². The molecule has 5 nitrogen and oxygen atoms in total. The van der Waals surface area contributed by atoms with Crippen molar-refractivity contribution < 1.29 is 13.4 Å². The van der Waals surface area contributed by atoms with E-state index in [-0.39, 0.29) is 0 Å². The third-order valence-corrected chi connectivity index (χ3v) is 3.40. The minimum Gasteiger partial charge on any atom is -0.284 e. The molecule has 0 saturated heterocycles. The van der Waals surface area contributed by atoms with Gasteiger partial charge in [0.05, 0.1) is 16.6 Å². The van der Waals surface area contributed by atoms with Crippen LogP contribution in [0.5, 0.6) is 0 Å². The molecular formula is C10H11N2O3S+. The Morgan fingerprint density at radius 3 is 2.69 bits per heavy atom. The number of hydrogen-bond acceptors (Lipinski definition) is 3. The molecule has 0 amide bonds. The number of nitrogens with zero attached hydrogens (tertiary/aromatic N) is 1. The third kappa shape index (κ3) is 2.66. The predicted molar refractivity (Wildman–Crippen MR) is 57.2 cm³/mol. The number of benzene rings is 1. The Labute approximate surface area is 94.1 Å². The third-order valence-electron chi connectivity index (χ3n) is 2.05. The van der Waals surface area contributed by atoms with E-state index in [0.29, 0.717) is 12.3 Å². The average molecular weight is 239 g/mol. The van der Waals surface area contributed by atoms with Crippen LogP contribution < -0.4 is 10.3 Å². The van der Waals surface area contributed by atoms with Crippen molar-refractivity contribution in [3.63, 3.8) is 0 Å². The van der Waals surface area contributed by atoms with E-state index in [1.54, 1.807) is 0 Å². The fourth-order valence-electron chi connectivity index (χ4n) is 1.27. The Balaban J connectivity index is 1.96. The van der Waals surface area contributed by atoms with E-state index >= 15 is 0 Å². The zero-order valence-corrected chi connectivity index (χ0v) is 9.28. The van der Waals surface area contributed by atoms with E-state index in [9.17, 15) is 9.00 Å². The van der Waals surface area contributed by atoms with Crippen molar-refractivity contribution in [1.82, 2.24) is 5.27 Å². The topological polar surface area (TPSA) is 66.9 Å². The van der Waals surface area contributed by atoms with Crippen LogP contribution in [0.15, 0.2) is 50.7 Å². The van der Waals surface area contributed by atoms with Crippen LogP contribution in [-0.4, -0.2) is 15.2 Å². The Morgan fingerprint density at radius 2 is 2.06 bits per heavy atom. The molecule has 6 heteroatoms. The van der Waals surface area contributed by atoms with E-state index in [1.165, 1.54) is 10.9 Å². The molecular weight excluding hydrogens is 228 g/mol. The second-order valence-corrected chi connectivity index (χ2v) is 4.77. The van der Waals surface area contributed by atoms with Gasteiger partial charge in [0.1, 0.15) is 0 Å². The minimum absolute atomic E-state index is 0.435. The molecule has 0 saturated carbocycles. The van der Waals surface area contributed by atoms with E-state index < -0.39 is 16.4 Å². The highest BCUT2D eigenvalue weighted by atomic mass is 32.2. The SMILES string of the molecule is O=c1c[n+](CCS(=O)c2ccccc2)[nH]o1. The summed E-state index contributed by atoms with van der Waals surface area (Å²) in [4.78, 5) is 11.5. The zero-order chi connectivity index (χ0) is 11.4. The van der Waals surface area contributed by atoms with Crippen LogP contribution in [0.4, 0.5) is 0 Å². The Bertz CT molecular complexity index is 532. The number of nitrogens with one attached hydrogen (secondary N) is 1. The van der Waals surface area contributed by atoms with Crippen molar-refractivity contribution in [1.29, 1.82) is 0 Å². The van der Waals surface area contributed by atoms with Crippen LogP contribution in [-0.2, 0) is 17.3 Å². The van der Waals surface area contributed by atoms with Crippen LogP contribution in [0.1, 0.15) is 0 Å². The van der Waals surface area contributed by atoms with Gasteiger partial charge in [-0.1, -0.05) is 22.9 Å². The van der Waals surface area contributed by atoms with Crippen LogP contribution in [0, 0.1) is 0 Å². The second kappa shape index (κ2) is 4.89. The average Bonchev–Trinajstić information content (AvgIpc) is 2.73. The van der Waals surface area contributed by atoms with Gasteiger partial charge in [-0.15, -0.1) is 0 Å². The Morgan fingerprint density at radius 1 is 1.31 bits per heavy atom. The lowest BCUT2D eigenvalue weighted by molar-refractivity contribution is -0.758. The summed E-state index contributed by atoms with van der Waals surface area (Å²) in [6.07, 6.45) is 1.29. The van der Waals surface area contributed by atoms with E-state index in [2.05, 4.69) is 9.79 Å². The Kier molecular flexibility index (Phi) is 3.31. The maximum Gasteiger partial charge on any atom is 0.426 e. The van der Waals surface area contributed by atoms with Crippen molar-refractivity contribution in [2.24, 2.45) is 0 Å². The molecule has 1 atom stereocenters. The first-order chi connectivity index (χ1) is 7.75. The molecule has 1 unspecified atom stereocenters. The molecule has 1 aromatic carbocycles. The summed E-state index contributed by atoms with van der Waals surface area (Å²) in [5.41, 5.74) is -0.439. The van der Waals surface area contributed by atoms with Gasteiger partial charge in [-0.05, 0) is 17.4 Å². The summed E-state index contributed by atoms with van der Waals surface area (Å²) < 4.78 is 17.8. The first-order valence-corrected chi connectivity index (χ1v) is 6.09. The summed E-state index contributed by atoms with van der Waals surface area (Å²) in [5, 5.41) is 2.41. The smallest absolute Gasteiger partial charge is 0.284 e. The molecule has 0 aliphatic rings. The fourth-order valence-corrected chi connectivity index (χ4v) is 2.32. The second-order valence-electron chi connectivity index (χ2n) is 3.20. The monoisotopic (exact) mass is 239 g/mol. The molecule has 0 aliphatic heterocycles. The Hall–Kier alpha value is -1.69. The summed E-state index contributed by atoms with van der Waals surface area (Å²) in [7, 11) is -1.06. The van der Waals surface area contributed by atoms with Crippen LogP contribution >= 0.6 is 0 Å². The first kappa shape index (κ1) is 10.8. The molecule has 0 radical (unpaired) electrons. The van der Waals surface area contributed by atoms with Gasteiger partial charge < -0.3 is 0 Å². The highest BCUT2D eigenvalue weighted by molar-refractivity contribution is 7.85. The van der Waals surface area contributed by atoms with Gasteiger partial charge in [0.15, 0.2) is 6.54 Å². The van der Waals surface area contributed by atoms with Crippen molar-refractivity contribution >= 4 is 10.8 Å². The van der Waals surface area contributed by atoms with Gasteiger partial charge in [-0.2, -0.15) is 0 Å². The molecule has 84 valence electrons. The molecule has 0 bridgehead atoms. The lowest BCUT2D eigenvalue weighted by Crippen LogP contribution is -2.37. The molecule has 0 aliphatic carbocycles. The first-order valence-electron chi connectivity index (χ1n) is 4.77. The van der Waals surface area contributed by atoms with Crippen molar-refractivity contribution in [3.05, 3.63) is 46.9 Å². The standard InChI is InChI=1S/C10H10N2O3S/c13-10-8-12(11-15-10)6-7-16(14)9-4-2-1-3-5-9/h1-5,8H,6-7H2/p+1. The number of aryl methyl sites for hydroxylation is 1. The van der Waals surface area contributed by atoms with Crippen molar-refractivity contribution in [2.75, 3.05) is 5.75 Å². The van der Waals surface area contributed by atoms with Crippen LogP contribution in [0.2, 0.25) is 0 Å². The summed E-state index contributed by atoms with van der Waals surface area (Å²) in [5.74, 6) is 0.435. The van der Waals surface area contributed by atoms with E-state index in [4.69, 9.17) is 0 Å².